The Hall–Kier alpha value is -0.570. The van der Waals surface area contributed by atoms with Gasteiger partial charge in [-0.1, -0.05) is 40.0 Å². The monoisotopic (exact) mass is 322 g/mol. The molecule has 0 aromatic carbocycles. The maximum absolute atomic E-state index is 12.4. The molecule has 3 aliphatic carbocycles. The topological polar surface area (TPSA) is 35.5 Å². The summed E-state index contributed by atoms with van der Waals surface area (Å²) >= 11 is 0. The molecule has 0 aliphatic heterocycles. The van der Waals surface area contributed by atoms with Gasteiger partial charge in [0.1, 0.15) is 0 Å². The highest BCUT2D eigenvalue weighted by atomic mass is 16.7. The Morgan fingerprint density at radius 3 is 2.57 bits per heavy atom. The number of hydrogen-bond donors (Lipinski definition) is 0. The minimum Gasteiger partial charge on any atom is -0.438 e. The van der Waals surface area contributed by atoms with Crippen LogP contribution in [-0.2, 0) is 14.3 Å². The highest BCUT2D eigenvalue weighted by Gasteiger charge is 2.48. The summed E-state index contributed by atoms with van der Waals surface area (Å²) in [4.78, 5) is 12.4. The number of esters is 1. The van der Waals surface area contributed by atoms with E-state index in [1.54, 1.807) is 0 Å². The van der Waals surface area contributed by atoms with Gasteiger partial charge in [0.15, 0.2) is 6.79 Å². The molecule has 0 N–H and O–H groups in total. The first-order valence-corrected chi connectivity index (χ1v) is 9.80. The minimum atomic E-state index is -0.0223. The second-order valence-corrected chi connectivity index (χ2v) is 8.68. The Labute approximate surface area is 141 Å². The fourth-order valence-corrected chi connectivity index (χ4v) is 5.69. The number of carbonyl (C=O) groups is 1. The van der Waals surface area contributed by atoms with Crippen molar-refractivity contribution >= 4 is 5.97 Å². The molecule has 0 amide bonds. The third-order valence-electron chi connectivity index (χ3n) is 7.19. The molecule has 0 radical (unpaired) electrons. The van der Waals surface area contributed by atoms with Gasteiger partial charge in [0.2, 0.25) is 0 Å². The third kappa shape index (κ3) is 3.60. The van der Waals surface area contributed by atoms with Crippen LogP contribution < -0.4 is 0 Å². The number of ether oxygens (including phenoxy) is 2. The zero-order valence-electron chi connectivity index (χ0n) is 15.2. The van der Waals surface area contributed by atoms with E-state index < -0.39 is 0 Å². The molecular weight excluding hydrogens is 288 g/mol. The first-order chi connectivity index (χ1) is 11.1. The lowest BCUT2D eigenvalue weighted by Crippen LogP contribution is -2.30. The number of rotatable bonds is 7. The largest absolute Gasteiger partial charge is 0.438 e. The fraction of sp³-hybridized carbons (Fsp3) is 0.950. The van der Waals surface area contributed by atoms with Crippen LogP contribution in [0.25, 0.3) is 0 Å². The maximum atomic E-state index is 12.4. The van der Waals surface area contributed by atoms with E-state index in [4.69, 9.17) is 9.47 Å². The second-order valence-electron chi connectivity index (χ2n) is 8.68. The van der Waals surface area contributed by atoms with Crippen molar-refractivity contribution in [2.45, 2.75) is 72.1 Å². The van der Waals surface area contributed by atoms with Crippen molar-refractivity contribution in [1.82, 2.24) is 0 Å². The van der Waals surface area contributed by atoms with Crippen molar-refractivity contribution in [3.05, 3.63) is 0 Å². The average Bonchev–Trinajstić information content (AvgIpc) is 3.24. The predicted molar refractivity (Wildman–Crippen MR) is 90.8 cm³/mol. The van der Waals surface area contributed by atoms with E-state index in [0.29, 0.717) is 17.3 Å². The second kappa shape index (κ2) is 7.13. The van der Waals surface area contributed by atoms with Gasteiger partial charge in [-0.3, -0.25) is 4.79 Å². The molecule has 0 spiro atoms. The summed E-state index contributed by atoms with van der Waals surface area (Å²) in [5.41, 5.74) is 0.321. The van der Waals surface area contributed by atoms with E-state index in [9.17, 15) is 4.79 Å². The number of fused-ring (bicyclic) bond motifs is 2. The van der Waals surface area contributed by atoms with E-state index in [1.807, 2.05) is 0 Å². The fourth-order valence-electron chi connectivity index (χ4n) is 5.69. The van der Waals surface area contributed by atoms with Crippen LogP contribution in [0, 0.1) is 35.0 Å². The van der Waals surface area contributed by atoms with Gasteiger partial charge in [-0.15, -0.1) is 0 Å². The molecular formula is C20H34O3. The minimum absolute atomic E-state index is 0.0223. The molecule has 132 valence electrons. The lowest BCUT2D eigenvalue weighted by atomic mass is 9.75. The molecule has 0 aromatic rings. The summed E-state index contributed by atoms with van der Waals surface area (Å²) in [6.45, 7) is 7.67. The molecule has 6 atom stereocenters. The van der Waals surface area contributed by atoms with Gasteiger partial charge in [0, 0.05) is 0 Å². The molecule has 3 heteroatoms. The lowest BCUT2D eigenvalue weighted by molar-refractivity contribution is -0.166. The average molecular weight is 322 g/mol. The van der Waals surface area contributed by atoms with E-state index in [-0.39, 0.29) is 18.7 Å². The van der Waals surface area contributed by atoms with Crippen LogP contribution in [0.2, 0.25) is 0 Å². The van der Waals surface area contributed by atoms with Crippen molar-refractivity contribution in [3.8, 4) is 0 Å². The van der Waals surface area contributed by atoms with E-state index in [1.165, 1.54) is 38.5 Å². The smallest absolute Gasteiger partial charge is 0.311 e. The highest BCUT2D eigenvalue weighted by molar-refractivity contribution is 5.73. The number of hydrogen-bond acceptors (Lipinski definition) is 3. The van der Waals surface area contributed by atoms with Crippen LogP contribution in [0.4, 0.5) is 0 Å². The molecule has 6 unspecified atom stereocenters. The normalized spacial score (nSPS) is 42.3. The molecule has 3 fully saturated rings. The van der Waals surface area contributed by atoms with Crippen molar-refractivity contribution in [1.29, 1.82) is 0 Å². The Bertz CT molecular complexity index is 421. The summed E-state index contributed by atoms with van der Waals surface area (Å²) in [7, 11) is 0. The molecule has 0 heterocycles. The van der Waals surface area contributed by atoms with Crippen LogP contribution in [0.5, 0.6) is 0 Å². The SMILES string of the molecule is CCC1CC(CC)C(C(=O)OCOCC2(C)CC3CCC2C3)C1. The highest BCUT2D eigenvalue weighted by Crippen LogP contribution is 2.55. The van der Waals surface area contributed by atoms with E-state index >= 15 is 0 Å². The van der Waals surface area contributed by atoms with Crippen molar-refractivity contribution in [2.24, 2.45) is 35.0 Å². The molecule has 2 bridgehead atoms. The van der Waals surface area contributed by atoms with Gasteiger partial charge in [0.05, 0.1) is 12.5 Å². The quantitative estimate of drug-likeness (QED) is 0.384. The van der Waals surface area contributed by atoms with Gasteiger partial charge in [-0.25, -0.2) is 0 Å². The van der Waals surface area contributed by atoms with Gasteiger partial charge in [-0.05, 0) is 61.2 Å². The molecule has 3 saturated carbocycles. The van der Waals surface area contributed by atoms with Crippen LogP contribution in [0.3, 0.4) is 0 Å². The lowest BCUT2D eigenvalue weighted by Gasteiger charge is -2.33. The molecule has 0 aromatic heterocycles. The molecule has 3 aliphatic rings. The zero-order valence-corrected chi connectivity index (χ0v) is 15.2. The van der Waals surface area contributed by atoms with Gasteiger partial charge < -0.3 is 9.47 Å². The Morgan fingerprint density at radius 2 is 1.96 bits per heavy atom. The molecule has 3 nitrogen and oxygen atoms in total. The Kier molecular flexibility index (Phi) is 5.35. The Morgan fingerprint density at radius 1 is 1.13 bits per heavy atom. The first-order valence-electron chi connectivity index (χ1n) is 9.80. The molecule has 3 rings (SSSR count). The summed E-state index contributed by atoms with van der Waals surface area (Å²) < 4.78 is 11.3. The Balaban J connectivity index is 1.39. The molecule has 23 heavy (non-hydrogen) atoms. The van der Waals surface area contributed by atoms with Gasteiger partial charge >= 0.3 is 5.97 Å². The summed E-state index contributed by atoms with van der Waals surface area (Å²) in [6.07, 6.45) is 9.92. The summed E-state index contributed by atoms with van der Waals surface area (Å²) in [5, 5.41) is 0. The predicted octanol–water partition coefficient (Wildman–Crippen LogP) is 4.79. The maximum Gasteiger partial charge on any atom is 0.311 e. The van der Waals surface area contributed by atoms with E-state index in [0.717, 1.165) is 31.3 Å². The van der Waals surface area contributed by atoms with Crippen LogP contribution in [0.15, 0.2) is 0 Å². The van der Waals surface area contributed by atoms with E-state index in [2.05, 4.69) is 20.8 Å². The van der Waals surface area contributed by atoms with Crippen LogP contribution in [-0.4, -0.2) is 19.4 Å². The van der Waals surface area contributed by atoms with Gasteiger partial charge in [-0.2, -0.15) is 0 Å². The van der Waals surface area contributed by atoms with Crippen molar-refractivity contribution in [3.63, 3.8) is 0 Å². The standard InChI is InChI=1S/C20H34O3/c1-4-14-8-16(5-2)18(10-14)19(21)23-13-22-12-20(3)11-15-6-7-17(20)9-15/h14-18H,4-13H2,1-3H3. The van der Waals surface area contributed by atoms with Crippen LogP contribution in [0.1, 0.15) is 72.1 Å². The molecule has 0 saturated heterocycles. The van der Waals surface area contributed by atoms with Gasteiger partial charge in [0.25, 0.3) is 0 Å². The van der Waals surface area contributed by atoms with Crippen molar-refractivity contribution < 1.29 is 14.3 Å². The van der Waals surface area contributed by atoms with Crippen molar-refractivity contribution in [2.75, 3.05) is 13.4 Å². The summed E-state index contributed by atoms with van der Waals surface area (Å²) in [5.74, 6) is 3.04. The summed E-state index contributed by atoms with van der Waals surface area (Å²) in [6, 6.07) is 0. The zero-order chi connectivity index (χ0) is 16.4. The third-order valence-corrected chi connectivity index (χ3v) is 7.19. The number of carbonyl (C=O) groups excluding carboxylic acids is 1. The van der Waals surface area contributed by atoms with Crippen LogP contribution >= 0.6 is 0 Å². The first kappa shape index (κ1) is 17.3.